The lowest BCUT2D eigenvalue weighted by atomic mass is 10.1. The molecule has 0 unspecified atom stereocenters. The molecule has 0 bridgehead atoms. The van der Waals surface area contributed by atoms with Crippen LogP contribution in [0, 0.1) is 0 Å². The number of fused-ring (bicyclic) bond motifs is 1. The van der Waals surface area contributed by atoms with Gasteiger partial charge in [0.1, 0.15) is 0 Å². The zero-order chi connectivity index (χ0) is 13.8. The highest BCUT2D eigenvalue weighted by Gasteiger charge is 2.20. The molecule has 2 rings (SSSR count). The van der Waals surface area contributed by atoms with Gasteiger partial charge < -0.3 is 14.6 Å². The molecule has 2 aromatic rings. The molecule has 1 amide bonds. The first-order chi connectivity index (χ1) is 9.15. The van der Waals surface area contributed by atoms with Gasteiger partial charge >= 0.3 is 0 Å². The van der Waals surface area contributed by atoms with Crippen molar-refractivity contribution < 1.29 is 9.53 Å². The molecule has 0 saturated carbocycles. The predicted octanol–water partition coefficient (Wildman–Crippen LogP) is 2.66. The summed E-state index contributed by atoms with van der Waals surface area (Å²) in [6.45, 7) is 5.19. The predicted molar refractivity (Wildman–Crippen MR) is 76.3 cm³/mol. The van der Waals surface area contributed by atoms with E-state index in [1.54, 1.807) is 7.11 Å². The van der Waals surface area contributed by atoms with Crippen molar-refractivity contribution >= 4 is 16.8 Å². The second-order valence-electron chi connectivity index (χ2n) is 4.83. The molecule has 0 saturated heterocycles. The first-order valence-electron chi connectivity index (χ1n) is 6.51. The minimum absolute atomic E-state index is 0.0530. The van der Waals surface area contributed by atoms with E-state index in [0.717, 1.165) is 16.5 Å². The normalized spacial score (nSPS) is 11.2. The maximum Gasteiger partial charge on any atom is 0.254 e. The summed E-state index contributed by atoms with van der Waals surface area (Å²) in [5.41, 5.74) is 1.73. The molecule has 1 aromatic heterocycles. The Morgan fingerprint density at radius 3 is 2.84 bits per heavy atom. The number of aromatic amines is 1. The zero-order valence-electron chi connectivity index (χ0n) is 11.6. The van der Waals surface area contributed by atoms with Gasteiger partial charge in [-0.2, -0.15) is 0 Å². The molecule has 1 aromatic carbocycles. The average Bonchev–Trinajstić information content (AvgIpc) is 2.86. The molecule has 0 aliphatic rings. The molecular formula is C15H20N2O2. The van der Waals surface area contributed by atoms with Crippen LogP contribution in [0.4, 0.5) is 0 Å². The number of hydrogen-bond donors (Lipinski definition) is 1. The summed E-state index contributed by atoms with van der Waals surface area (Å²) >= 11 is 0. The zero-order valence-corrected chi connectivity index (χ0v) is 11.6. The standard InChI is InChI=1S/C15H20N2O2/c1-11(2)17(9-10-19-3)15(18)13-5-4-6-14-12(13)7-8-16-14/h4-8,11,16H,9-10H2,1-3H3. The third-order valence-corrected chi connectivity index (χ3v) is 3.25. The van der Waals surface area contributed by atoms with Crippen LogP contribution >= 0.6 is 0 Å². The maximum absolute atomic E-state index is 12.7. The van der Waals surface area contributed by atoms with E-state index in [4.69, 9.17) is 4.74 Å². The smallest absolute Gasteiger partial charge is 0.254 e. The summed E-state index contributed by atoms with van der Waals surface area (Å²) in [5, 5.41) is 0.968. The first-order valence-corrected chi connectivity index (χ1v) is 6.51. The van der Waals surface area contributed by atoms with Crippen LogP contribution in [0.5, 0.6) is 0 Å². The molecule has 0 aliphatic carbocycles. The van der Waals surface area contributed by atoms with Crippen LogP contribution in [0.15, 0.2) is 30.5 Å². The molecule has 4 heteroatoms. The van der Waals surface area contributed by atoms with Gasteiger partial charge in [0.05, 0.1) is 6.61 Å². The van der Waals surface area contributed by atoms with E-state index in [1.807, 2.05) is 49.2 Å². The van der Waals surface area contributed by atoms with Gasteiger partial charge in [-0.25, -0.2) is 0 Å². The van der Waals surface area contributed by atoms with Crippen molar-refractivity contribution in [3.05, 3.63) is 36.0 Å². The fourth-order valence-electron chi connectivity index (χ4n) is 2.21. The number of ether oxygens (including phenoxy) is 1. The SMILES string of the molecule is COCCN(C(=O)c1cccc2[nH]ccc12)C(C)C. The highest BCUT2D eigenvalue weighted by Crippen LogP contribution is 2.19. The molecule has 1 N–H and O–H groups in total. The van der Waals surface area contributed by atoms with Crippen LogP contribution in [0.1, 0.15) is 24.2 Å². The van der Waals surface area contributed by atoms with E-state index in [2.05, 4.69) is 4.98 Å². The van der Waals surface area contributed by atoms with E-state index < -0.39 is 0 Å². The van der Waals surface area contributed by atoms with Crippen molar-refractivity contribution in [1.82, 2.24) is 9.88 Å². The fraction of sp³-hybridized carbons (Fsp3) is 0.400. The Balaban J connectivity index is 2.33. The summed E-state index contributed by atoms with van der Waals surface area (Å²) in [7, 11) is 1.65. The van der Waals surface area contributed by atoms with E-state index in [9.17, 15) is 4.79 Å². The Kier molecular flexibility index (Phi) is 4.22. The lowest BCUT2D eigenvalue weighted by Crippen LogP contribution is -2.39. The van der Waals surface area contributed by atoms with Crippen molar-refractivity contribution in [1.29, 1.82) is 0 Å². The quantitative estimate of drug-likeness (QED) is 0.898. The van der Waals surface area contributed by atoms with E-state index in [1.165, 1.54) is 0 Å². The van der Waals surface area contributed by atoms with Gasteiger partial charge in [-0.15, -0.1) is 0 Å². The summed E-state index contributed by atoms with van der Waals surface area (Å²) in [6.07, 6.45) is 1.86. The van der Waals surface area contributed by atoms with E-state index in [-0.39, 0.29) is 11.9 Å². The second kappa shape index (κ2) is 5.89. The first kappa shape index (κ1) is 13.6. The molecule has 0 spiro atoms. The number of rotatable bonds is 5. The number of benzene rings is 1. The van der Waals surface area contributed by atoms with Crippen molar-refractivity contribution in [2.45, 2.75) is 19.9 Å². The molecule has 19 heavy (non-hydrogen) atoms. The maximum atomic E-state index is 12.7. The number of H-pyrrole nitrogens is 1. The molecule has 0 fully saturated rings. The number of nitrogens with zero attached hydrogens (tertiary/aromatic N) is 1. The van der Waals surface area contributed by atoms with Gasteiger partial charge in [-0.1, -0.05) is 6.07 Å². The van der Waals surface area contributed by atoms with Gasteiger partial charge in [0.15, 0.2) is 0 Å². The van der Waals surface area contributed by atoms with Gasteiger partial charge in [0.25, 0.3) is 5.91 Å². The van der Waals surface area contributed by atoms with Crippen LogP contribution in [0.25, 0.3) is 10.9 Å². The number of hydrogen-bond acceptors (Lipinski definition) is 2. The van der Waals surface area contributed by atoms with Crippen LogP contribution in [0.3, 0.4) is 0 Å². The number of methoxy groups -OCH3 is 1. The Bertz CT molecular complexity index is 560. The Morgan fingerprint density at radius 2 is 2.16 bits per heavy atom. The monoisotopic (exact) mass is 260 g/mol. The Hall–Kier alpha value is -1.81. The molecule has 0 radical (unpaired) electrons. The fourth-order valence-corrected chi connectivity index (χ4v) is 2.21. The van der Waals surface area contributed by atoms with Crippen LogP contribution in [-0.4, -0.2) is 42.1 Å². The highest BCUT2D eigenvalue weighted by molar-refractivity contribution is 6.06. The van der Waals surface area contributed by atoms with Crippen molar-refractivity contribution in [2.24, 2.45) is 0 Å². The van der Waals surface area contributed by atoms with Crippen molar-refractivity contribution in [3.63, 3.8) is 0 Å². The molecule has 1 heterocycles. The highest BCUT2D eigenvalue weighted by atomic mass is 16.5. The van der Waals surface area contributed by atoms with E-state index in [0.29, 0.717) is 13.2 Å². The van der Waals surface area contributed by atoms with Crippen LogP contribution < -0.4 is 0 Å². The molecule has 0 atom stereocenters. The van der Waals surface area contributed by atoms with Crippen LogP contribution in [0.2, 0.25) is 0 Å². The van der Waals surface area contributed by atoms with Gasteiger partial charge in [-0.3, -0.25) is 4.79 Å². The number of amides is 1. The average molecular weight is 260 g/mol. The van der Waals surface area contributed by atoms with Gasteiger partial charge in [0.2, 0.25) is 0 Å². The lowest BCUT2D eigenvalue weighted by Gasteiger charge is -2.26. The summed E-state index contributed by atoms with van der Waals surface area (Å²) in [6, 6.07) is 7.84. The molecule has 102 valence electrons. The van der Waals surface area contributed by atoms with Gasteiger partial charge in [-0.05, 0) is 32.0 Å². The lowest BCUT2D eigenvalue weighted by molar-refractivity contribution is 0.0637. The summed E-state index contributed by atoms with van der Waals surface area (Å²) in [5.74, 6) is 0.0530. The summed E-state index contributed by atoms with van der Waals surface area (Å²) in [4.78, 5) is 17.6. The number of carbonyl (C=O) groups excluding carboxylic acids is 1. The van der Waals surface area contributed by atoms with Crippen LogP contribution in [-0.2, 0) is 4.74 Å². The Labute approximate surface area is 113 Å². The number of aromatic nitrogens is 1. The summed E-state index contributed by atoms with van der Waals surface area (Å²) < 4.78 is 5.08. The van der Waals surface area contributed by atoms with Crippen molar-refractivity contribution in [2.75, 3.05) is 20.3 Å². The number of carbonyl (C=O) groups is 1. The van der Waals surface area contributed by atoms with Crippen molar-refractivity contribution in [3.8, 4) is 0 Å². The molecule has 0 aliphatic heterocycles. The van der Waals surface area contributed by atoms with Gasteiger partial charge in [0, 0.05) is 42.4 Å². The molecular weight excluding hydrogens is 240 g/mol. The third kappa shape index (κ3) is 2.79. The third-order valence-electron chi connectivity index (χ3n) is 3.25. The minimum atomic E-state index is 0.0530. The number of nitrogens with one attached hydrogen (secondary N) is 1. The second-order valence-corrected chi connectivity index (χ2v) is 4.83. The molecule has 4 nitrogen and oxygen atoms in total. The largest absolute Gasteiger partial charge is 0.383 e. The topological polar surface area (TPSA) is 45.3 Å². The Morgan fingerprint density at radius 1 is 1.37 bits per heavy atom. The van der Waals surface area contributed by atoms with E-state index >= 15 is 0 Å². The minimum Gasteiger partial charge on any atom is -0.383 e.